The summed E-state index contributed by atoms with van der Waals surface area (Å²) < 4.78 is 5.37. The molecule has 2 aromatic rings. The maximum absolute atomic E-state index is 12.7. The molecule has 3 rings (SSSR count). The molecule has 1 atom stereocenters. The Morgan fingerprint density at radius 3 is 2.74 bits per heavy atom. The lowest BCUT2D eigenvalue weighted by Gasteiger charge is -2.15. The van der Waals surface area contributed by atoms with Crippen LogP contribution in [0, 0.1) is 10.1 Å². The van der Waals surface area contributed by atoms with Crippen molar-refractivity contribution in [3.8, 4) is 5.75 Å². The monoisotopic (exact) mass is 441 g/mol. The maximum Gasteiger partial charge on any atom is 0.270 e. The van der Waals surface area contributed by atoms with Crippen molar-refractivity contribution < 1.29 is 19.2 Å². The summed E-state index contributed by atoms with van der Waals surface area (Å²) in [7, 11) is 0. The van der Waals surface area contributed by atoms with Crippen molar-refractivity contribution in [2.75, 3.05) is 11.5 Å². The van der Waals surface area contributed by atoms with Crippen molar-refractivity contribution in [2.45, 2.75) is 18.6 Å². The fourth-order valence-electron chi connectivity index (χ4n) is 2.87. The normalized spacial score (nSPS) is 16.9. The lowest BCUT2D eigenvalue weighted by molar-refractivity contribution is -0.384. The summed E-state index contributed by atoms with van der Waals surface area (Å²) in [6.07, 6.45) is 1.30. The summed E-state index contributed by atoms with van der Waals surface area (Å²) in [5.41, 5.74) is 6.70. The molecule has 0 aliphatic carbocycles. The number of carbonyl (C=O) groups excluding carboxylic acids is 2. The molecule has 2 N–H and O–H groups in total. The Labute approximate surface area is 181 Å². The van der Waals surface area contributed by atoms with Crippen LogP contribution in [0.25, 0.3) is 0 Å². The SMILES string of the molecule is CCOc1ccc(N2C(=O)C[C@H](SC(N)=NN=Cc3cccc([N+](=O)[O-])c3)C2=O)cc1. The summed E-state index contributed by atoms with van der Waals surface area (Å²) in [5, 5.41) is 17.7. The summed E-state index contributed by atoms with van der Waals surface area (Å²) in [6, 6.07) is 12.5. The van der Waals surface area contributed by atoms with E-state index >= 15 is 0 Å². The van der Waals surface area contributed by atoms with Gasteiger partial charge in [0.05, 0.1) is 23.4 Å². The Morgan fingerprint density at radius 2 is 2.06 bits per heavy atom. The number of nitro groups is 1. The number of imide groups is 1. The molecule has 1 saturated heterocycles. The minimum absolute atomic E-state index is 0.00127. The van der Waals surface area contributed by atoms with Crippen molar-refractivity contribution >= 4 is 46.3 Å². The standard InChI is InChI=1S/C20H19N5O5S/c1-2-30-16-8-6-14(7-9-16)24-18(26)11-17(19(24)27)31-20(21)23-22-12-13-4-3-5-15(10-13)25(28)29/h3-10,12,17H,2,11H2,1H3,(H2,21,23)/t17-/m0/s1. The van der Waals surface area contributed by atoms with Crippen LogP contribution in [0.3, 0.4) is 0 Å². The molecule has 31 heavy (non-hydrogen) atoms. The molecule has 0 aromatic heterocycles. The number of hydrogen-bond donors (Lipinski definition) is 1. The Bertz CT molecular complexity index is 1050. The predicted octanol–water partition coefficient (Wildman–Crippen LogP) is 2.71. The molecule has 1 heterocycles. The third-order valence-electron chi connectivity index (χ3n) is 4.22. The molecule has 2 aromatic carbocycles. The van der Waals surface area contributed by atoms with Gasteiger partial charge in [-0.05, 0) is 31.2 Å². The van der Waals surface area contributed by atoms with Crippen molar-refractivity contribution in [2.24, 2.45) is 15.9 Å². The van der Waals surface area contributed by atoms with Crippen LogP contribution in [0.15, 0.2) is 58.7 Å². The number of ether oxygens (including phenoxy) is 1. The van der Waals surface area contributed by atoms with E-state index in [0.717, 1.165) is 16.7 Å². The summed E-state index contributed by atoms with van der Waals surface area (Å²) >= 11 is 0.941. The number of nitrogens with zero attached hydrogens (tertiary/aromatic N) is 4. The van der Waals surface area contributed by atoms with Gasteiger partial charge in [-0.1, -0.05) is 23.9 Å². The van der Waals surface area contributed by atoms with E-state index in [1.807, 2.05) is 6.92 Å². The number of amides is 2. The Hall–Kier alpha value is -3.73. The zero-order chi connectivity index (χ0) is 22.4. The number of amidine groups is 1. The van der Waals surface area contributed by atoms with Crippen molar-refractivity contribution in [1.82, 2.24) is 0 Å². The topological polar surface area (TPSA) is 140 Å². The van der Waals surface area contributed by atoms with E-state index in [9.17, 15) is 19.7 Å². The van der Waals surface area contributed by atoms with Gasteiger partial charge in [0.25, 0.3) is 5.69 Å². The molecule has 0 spiro atoms. The number of nitrogens with two attached hydrogens (primary N) is 1. The highest BCUT2D eigenvalue weighted by atomic mass is 32.2. The number of nitro benzene ring substituents is 1. The molecule has 10 nitrogen and oxygen atoms in total. The number of rotatable bonds is 7. The third-order valence-corrected chi connectivity index (χ3v) is 5.19. The van der Waals surface area contributed by atoms with E-state index in [1.54, 1.807) is 30.3 Å². The van der Waals surface area contributed by atoms with E-state index in [0.29, 0.717) is 23.6 Å². The molecule has 1 aliphatic heterocycles. The number of thioether (sulfide) groups is 1. The first-order chi connectivity index (χ1) is 14.9. The highest BCUT2D eigenvalue weighted by Crippen LogP contribution is 2.30. The van der Waals surface area contributed by atoms with Crippen LogP contribution in [0.1, 0.15) is 18.9 Å². The van der Waals surface area contributed by atoms with Crippen molar-refractivity contribution in [1.29, 1.82) is 0 Å². The van der Waals surface area contributed by atoms with Gasteiger partial charge in [0, 0.05) is 24.1 Å². The fraction of sp³-hybridized carbons (Fsp3) is 0.200. The zero-order valence-corrected chi connectivity index (χ0v) is 17.3. The summed E-state index contributed by atoms with van der Waals surface area (Å²) in [4.78, 5) is 36.5. The van der Waals surface area contributed by atoms with Gasteiger partial charge in [0.15, 0.2) is 5.17 Å². The molecular formula is C20H19N5O5S. The average Bonchev–Trinajstić information content (AvgIpc) is 3.02. The summed E-state index contributed by atoms with van der Waals surface area (Å²) in [5.74, 6) is -0.0752. The van der Waals surface area contributed by atoms with Gasteiger partial charge in [0.2, 0.25) is 11.8 Å². The number of carbonyl (C=O) groups is 2. The van der Waals surface area contributed by atoms with E-state index in [2.05, 4.69) is 10.2 Å². The maximum atomic E-state index is 12.7. The smallest absolute Gasteiger partial charge is 0.270 e. The van der Waals surface area contributed by atoms with Crippen molar-refractivity contribution in [3.63, 3.8) is 0 Å². The Kier molecular flexibility index (Phi) is 6.98. The molecule has 2 amide bonds. The van der Waals surface area contributed by atoms with Gasteiger partial charge < -0.3 is 10.5 Å². The van der Waals surface area contributed by atoms with E-state index in [1.165, 1.54) is 24.4 Å². The first kappa shape index (κ1) is 22.0. The van der Waals surface area contributed by atoms with Crippen LogP contribution >= 0.6 is 11.8 Å². The third kappa shape index (κ3) is 5.45. The number of anilines is 1. The van der Waals surface area contributed by atoms with E-state index in [-0.39, 0.29) is 29.1 Å². The molecule has 0 radical (unpaired) electrons. The second-order valence-corrected chi connectivity index (χ2v) is 7.56. The predicted molar refractivity (Wildman–Crippen MR) is 118 cm³/mol. The Balaban J connectivity index is 1.64. The zero-order valence-electron chi connectivity index (χ0n) is 16.5. The molecular weight excluding hydrogens is 422 g/mol. The van der Waals surface area contributed by atoms with Crippen LogP contribution in [-0.2, 0) is 9.59 Å². The van der Waals surface area contributed by atoms with Gasteiger partial charge in [0.1, 0.15) is 11.0 Å². The van der Waals surface area contributed by atoms with Gasteiger partial charge >= 0.3 is 0 Å². The highest BCUT2D eigenvalue weighted by Gasteiger charge is 2.40. The molecule has 11 heteroatoms. The molecule has 0 unspecified atom stereocenters. The highest BCUT2D eigenvalue weighted by molar-refractivity contribution is 8.14. The Morgan fingerprint density at radius 1 is 1.32 bits per heavy atom. The van der Waals surface area contributed by atoms with Gasteiger partial charge in [-0.3, -0.25) is 19.7 Å². The molecule has 160 valence electrons. The van der Waals surface area contributed by atoms with Crippen LogP contribution in [0.4, 0.5) is 11.4 Å². The van der Waals surface area contributed by atoms with E-state index < -0.39 is 10.2 Å². The number of non-ortho nitro benzene ring substituents is 1. The number of hydrogen-bond acceptors (Lipinski definition) is 8. The van der Waals surface area contributed by atoms with Crippen LogP contribution < -0.4 is 15.4 Å². The second-order valence-electron chi connectivity index (χ2n) is 6.34. The van der Waals surface area contributed by atoms with Gasteiger partial charge in [-0.15, -0.1) is 5.10 Å². The quantitative estimate of drug-likeness (QED) is 0.229. The summed E-state index contributed by atoms with van der Waals surface area (Å²) in [6.45, 7) is 2.38. The van der Waals surface area contributed by atoms with Crippen LogP contribution in [0.5, 0.6) is 5.75 Å². The largest absolute Gasteiger partial charge is 0.494 e. The fourth-order valence-corrected chi connectivity index (χ4v) is 3.68. The average molecular weight is 441 g/mol. The van der Waals surface area contributed by atoms with E-state index in [4.69, 9.17) is 10.5 Å². The minimum Gasteiger partial charge on any atom is -0.494 e. The molecule has 1 aliphatic rings. The second kappa shape index (κ2) is 9.85. The molecule has 0 bridgehead atoms. The van der Waals surface area contributed by atoms with Crippen LogP contribution in [-0.4, -0.2) is 40.0 Å². The molecule has 1 fully saturated rings. The molecule has 0 saturated carbocycles. The van der Waals surface area contributed by atoms with Crippen LogP contribution in [0.2, 0.25) is 0 Å². The lowest BCUT2D eigenvalue weighted by Crippen LogP contribution is -2.31. The minimum atomic E-state index is -0.712. The van der Waals surface area contributed by atoms with Crippen molar-refractivity contribution in [3.05, 3.63) is 64.2 Å². The first-order valence-corrected chi connectivity index (χ1v) is 10.1. The first-order valence-electron chi connectivity index (χ1n) is 9.26. The van der Waals surface area contributed by atoms with Gasteiger partial charge in [-0.2, -0.15) is 5.10 Å². The lowest BCUT2D eigenvalue weighted by atomic mass is 10.2. The number of benzene rings is 2. The van der Waals surface area contributed by atoms with Gasteiger partial charge in [-0.25, -0.2) is 4.90 Å².